The number of amidine groups is 1. The molecular weight excluding hydrogens is 477 g/mol. The summed E-state index contributed by atoms with van der Waals surface area (Å²) in [7, 11) is -3.17. The maximum absolute atomic E-state index is 15.2. The van der Waals surface area contributed by atoms with Gasteiger partial charge in [-0.25, -0.2) is 13.3 Å². The van der Waals surface area contributed by atoms with Crippen LogP contribution in [0.5, 0.6) is 0 Å². The van der Waals surface area contributed by atoms with Gasteiger partial charge in [-0.3, -0.25) is 0 Å². The molecule has 0 aliphatic carbocycles. The highest BCUT2D eigenvalue weighted by Gasteiger charge is 2.32. The molecule has 36 heavy (non-hydrogen) atoms. The fraction of sp³-hybridized carbons (Fsp3) is 0.370. The van der Waals surface area contributed by atoms with Crippen molar-refractivity contribution in [3.05, 3.63) is 76.2 Å². The Morgan fingerprint density at radius 3 is 2.31 bits per heavy atom. The second-order valence-corrected chi connectivity index (χ2v) is 11.9. The number of hydrogen-bond donors (Lipinski definition) is 1. The van der Waals surface area contributed by atoms with Gasteiger partial charge >= 0.3 is 0 Å². The number of aromatic nitrogens is 2. The van der Waals surface area contributed by atoms with Gasteiger partial charge in [0.25, 0.3) is 0 Å². The first-order valence-corrected chi connectivity index (χ1v) is 13.3. The van der Waals surface area contributed by atoms with Crippen LogP contribution in [0.3, 0.4) is 0 Å². The van der Waals surface area contributed by atoms with E-state index in [0.29, 0.717) is 22.8 Å². The first kappa shape index (κ1) is 25.7. The molecular formula is C27H30FN5O2S. The molecule has 2 heterocycles. The number of halogens is 1. The van der Waals surface area contributed by atoms with Crippen molar-refractivity contribution in [3.63, 3.8) is 0 Å². The van der Waals surface area contributed by atoms with E-state index in [1.165, 1.54) is 0 Å². The molecule has 1 aliphatic heterocycles. The normalized spacial score (nSPS) is 17.5. The van der Waals surface area contributed by atoms with Crippen LogP contribution in [-0.2, 0) is 21.9 Å². The molecule has 1 N–H and O–H groups in total. The molecule has 0 spiro atoms. The third-order valence-corrected chi connectivity index (χ3v) is 7.81. The minimum absolute atomic E-state index is 0.0213. The summed E-state index contributed by atoms with van der Waals surface area (Å²) in [5.74, 6) is -0.297. The largest absolute Gasteiger partial charge is 0.384 e. The van der Waals surface area contributed by atoms with Crippen LogP contribution in [0.15, 0.2) is 56.3 Å². The summed E-state index contributed by atoms with van der Waals surface area (Å²) in [4.78, 5) is 0. The fourth-order valence-electron chi connectivity index (χ4n) is 4.43. The van der Waals surface area contributed by atoms with Gasteiger partial charge in [0.2, 0.25) is 9.92 Å². The lowest BCUT2D eigenvalue weighted by atomic mass is 9.84. The zero-order valence-electron chi connectivity index (χ0n) is 21.3. The van der Waals surface area contributed by atoms with Crippen molar-refractivity contribution in [3.8, 4) is 11.8 Å². The minimum atomic E-state index is -3.17. The molecule has 0 radical (unpaired) electrons. The fourth-order valence-corrected chi connectivity index (χ4v) is 5.78. The quantitative estimate of drug-likeness (QED) is 0.439. The molecule has 1 aromatic heterocycles. The van der Waals surface area contributed by atoms with Crippen LogP contribution < -0.4 is 0 Å². The standard InChI is InChI=1S/C27H30FN5O2S/c1-16(2)20-12-18(15-29)26(28)25(17(3)4)21(20)13-23-31-36(35,32-23)24-14-22(27(5,6)34)33(30-24)19-10-8-7-9-11-19/h7-12,14,16-17,34H,13H2,1-6H3. The van der Waals surface area contributed by atoms with E-state index < -0.39 is 21.3 Å². The van der Waals surface area contributed by atoms with E-state index >= 15 is 4.39 Å². The van der Waals surface area contributed by atoms with Crippen molar-refractivity contribution in [2.75, 3.05) is 0 Å². The maximum Gasteiger partial charge on any atom is 0.207 e. The monoisotopic (exact) mass is 507 g/mol. The first-order chi connectivity index (χ1) is 16.9. The lowest BCUT2D eigenvalue weighted by molar-refractivity contribution is 0.0711. The molecule has 3 aromatic rings. The summed E-state index contributed by atoms with van der Waals surface area (Å²) in [6, 6.07) is 14.4. The number of hydrogen-bond acceptors (Lipinski definition) is 5. The molecule has 7 nitrogen and oxygen atoms in total. The number of para-hydroxylation sites is 1. The third kappa shape index (κ3) is 4.59. The van der Waals surface area contributed by atoms with Gasteiger partial charge in [-0.1, -0.05) is 45.9 Å². The average molecular weight is 508 g/mol. The Labute approximate surface area is 211 Å². The van der Waals surface area contributed by atoms with Crippen LogP contribution in [0.4, 0.5) is 4.39 Å². The highest BCUT2D eigenvalue weighted by Crippen LogP contribution is 2.35. The minimum Gasteiger partial charge on any atom is -0.384 e. The molecule has 4 rings (SSSR count). The van der Waals surface area contributed by atoms with Crippen molar-refractivity contribution in [2.24, 2.45) is 8.76 Å². The Morgan fingerprint density at radius 2 is 1.78 bits per heavy atom. The predicted molar refractivity (Wildman–Crippen MR) is 138 cm³/mol. The highest BCUT2D eigenvalue weighted by molar-refractivity contribution is 7.94. The number of benzene rings is 2. The van der Waals surface area contributed by atoms with Gasteiger partial charge in [-0.05, 0) is 60.6 Å². The zero-order chi connectivity index (χ0) is 26.4. The van der Waals surface area contributed by atoms with Gasteiger partial charge in [-0.15, -0.1) is 0 Å². The molecule has 1 unspecified atom stereocenters. The molecule has 1 aliphatic rings. The molecule has 2 aromatic carbocycles. The predicted octanol–water partition coefficient (Wildman–Crippen LogP) is 5.75. The van der Waals surface area contributed by atoms with Crippen molar-refractivity contribution in [1.29, 1.82) is 5.26 Å². The van der Waals surface area contributed by atoms with Crippen LogP contribution >= 0.6 is 0 Å². The smallest absolute Gasteiger partial charge is 0.207 e. The van der Waals surface area contributed by atoms with Crippen molar-refractivity contribution >= 4 is 15.8 Å². The zero-order valence-corrected chi connectivity index (χ0v) is 22.1. The Bertz CT molecular complexity index is 1520. The molecule has 1 atom stereocenters. The molecule has 188 valence electrons. The van der Waals surface area contributed by atoms with Gasteiger partial charge in [-0.2, -0.15) is 19.1 Å². The lowest BCUT2D eigenvalue weighted by Gasteiger charge is -2.22. The molecule has 0 saturated carbocycles. The van der Waals surface area contributed by atoms with Crippen LogP contribution in [0, 0.1) is 17.1 Å². The number of aliphatic hydroxyl groups is 1. The number of nitrogens with zero attached hydrogens (tertiary/aromatic N) is 5. The van der Waals surface area contributed by atoms with E-state index in [0.717, 1.165) is 11.1 Å². The Kier molecular flexibility index (Phi) is 6.62. The van der Waals surface area contributed by atoms with Gasteiger partial charge in [0.15, 0.2) is 10.9 Å². The first-order valence-electron chi connectivity index (χ1n) is 11.8. The van der Waals surface area contributed by atoms with Crippen LogP contribution in [-0.4, -0.2) is 24.9 Å². The number of nitriles is 1. The topological polar surface area (TPSA) is 104 Å². The van der Waals surface area contributed by atoms with Crippen LogP contribution in [0.1, 0.15) is 81.3 Å². The van der Waals surface area contributed by atoms with E-state index in [-0.39, 0.29) is 28.8 Å². The molecule has 0 saturated heterocycles. The van der Waals surface area contributed by atoms with E-state index in [1.807, 2.05) is 64.1 Å². The second-order valence-electron chi connectivity index (χ2n) is 10.1. The maximum atomic E-state index is 15.2. The van der Waals surface area contributed by atoms with Gasteiger partial charge in [0.1, 0.15) is 17.5 Å². The molecule has 0 amide bonds. The van der Waals surface area contributed by atoms with Gasteiger partial charge < -0.3 is 5.11 Å². The molecule has 0 bridgehead atoms. The summed E-state index contributed by atoms with van der Waals surface area (Å²) in [6.45, 7) is 11.0. The molecule has 0 fully saturated rings. The van der Waals surface area contributed by atoms with Gasteiger partial charge in [0.05, 0.1) is 16.9 Å². The average Bonchev–Trinajstić information content (AvgIpc) is 3.25. The number of rotatable bonds is 7. The summed E-state index contributed by atoms with van der Waals surface area (Å²) < 4.78 is 39.0. The van der Waals surface area contributed by atoms with E-state index in [9.17, 15) is 14.6 Å². The third-order valence-electron chi connectivity index (χ3n) is 6.15. The van der Waals surface area contributed by atoms with Gasteiger partial charge in [0, 0.05) is 12.5 Å². The Balaban J connectivity index is 1.74. The highest BCUT2D eigenvalue weighted by atomic mass is 32.2. The van der Waals surface area contributed by atoms with Crippen molar-refractivity contribution in [2.45, 2.75) is 70.4 Å². The summed E-state index contributed by atoms with van der Waals surface area (Å²) in [5, 5.41) is 24.8. The Morgan fingerprint density at radius 1 is 1.14 bits per heavy atom. The van der Waals surface area contributed by atoms with Crippen molar-refractivity contribution in [1.82, 2.24) is 9.78 Å². The summed E-state index contributed by atoms with van der Waals surface area (Å²) in [6.07, 6.45) is 0.207. The lowest BCUT2D eigenvalue weighted by Crippen LogP contribution is -2.20. The van der Waals surface area contributed by atoms with E-state index in [4.69, 9.17) is 0 Å². The van der Waals surface area contributed by atoms with E-state index in [2.05, 4.69) is 13.9 Å². The Hall–Kier alpha value is -3.35. The SMILES string of the molecule is CC(C)c1cc(C#N)c(F)c(C(C)C)c1CC1=NS(=O)(c2cc(C(C)(C)O)n(-c3ccccc3)n2)=N1. The molecule has 9 heteroatoms. The van der Waals surface area contributed by atoms with E-state index in [1.54, 1.807) is 30.7 Å². The second kappa shape index (κ2) is 9.26. The van der Waals surface area contributed by atoms with Crippen molar-refractivity contribution < 1.29 is 13.7 Å². The summed E-state index contributed by atoms with van der Waals surface area (Å²) in [5.41, 5.74) is 2.00. The summed E-state index contributed by atoms with van der Waals surface area (Å²) >= 11 is 0. The van der Waals surface area contributed by atoms with Crippen LogP contribution in [0.25, 0.3) is 5.69 Å². The van der Waals surface area contributed by atoms with Crippen LogP contribution in [0.2, 0.25) is 0 Å².